The number of carbonyl (C=O) groups excluding carboxylic acids is 2. The zero-order valence-corrected chi connectivity index (χ0v) is 18.5. The van der Waals surface area contributed by atoms with Crippen molar-refractivity contribution >= 4 is 11.8 Å². The highest BCUT2D eigenvalue weighted by atomic mass is 16.5. The summed E-state index contributed by atoms with van der Waals surface area (Å²) < 4.78 is 16.3. The van der Waals surface area contributed by atoms with Gasteiger partial charge in [0, 0.05) is 0 Å². The van der Waals surface area contributed by atoms with Crippen molar-refractivity contribution in [2.45, 2.75) is 46.7 Å². The molecule has 0 bridgehead atoms. The Morgan fingerprint density at radius 1 is 1.03 bits per heavy atom. The van der Waals surface area contributed by atoms with Crippen LogP contribution in [0.1, 0.15) is 56.8 Å². The van der Waals surface area contributed by atoms with Crippen molar-refractivity contribution in [3.8, 4) is 11.5 Å². The summed E-state index contributed by atoms with van der Waals surface area (Å²) in [6.45, 7) is 10.4. The van der Waals surface area contributed by atoms with Crippen molar-refractivity contribution in [3.63, 3.8) is 0 Å². The van der Waals surface area contributed by atoms with E-state index in [2.05, 4.69) is 24.5 Å². The fourth-order valence-corrected chi connectivity index (χ4v) is 2.87. The quantitative estimate of drug-likeness (QED) is 0.612. The normalized spacial score (nSPS) is 13.1. The second kappa shape index (κ2) is 10.7. The summed E-state index contributed by atoms with van der Waals surface area (Å²) in [6.07, 6.45) is 1.42. The number of ether oxygens (including phenoxy) is 2. The first-order chi connectivity index (χ1) is 14.2. The van der Waals surface area contributed by atoms with E-state index < -0.39 is 11.9 Å². The molecule has 0 aliphatic carbocycles. The largest absolute Gasteiger partial charge is 0.493 e. The Morgan fingerprint density at radius 3 is 2.33 bits per heavy atom. The number of benzene rings is 1. The van der Waals surface area contributed by atoms with E-state index in [0.717, 1.165) is 5.56 Å². The third-order valence-electron chi connectivity index (χ3n) is 4.60. The monoisotopic (exact) mass is 416 g/mol. The van der Waals surface area contributed by atoms with Crippen LogP contribution >= 0.6 is 0 Å². The highest BCUT2D eigenvalue weighted by Crippen LogP contribution is 2.30. The first-order valence-electron chi connectivity index (χ1n) is 10.2. The number of hydrogen-bond donors (Lipinski definition) is 2. The Balaban J connectivity index is 2.07. The Hall–Kier alpha value is -2.96. The van der Waals surface area contributed by atoms with E-state index in [-0.39, 0.29) is 23.6 Å². The van der Waals surface area contributed by atoms with E-state index in [4.69, 9.17) is 13.9 Å². The molecule has 2 amide bonds. The Labute approximate surface area is 178 Å². The maximum absolute atomic E-state index is 12.9. The second-order valence-electron chi connectivity index (χ2n) is 8.02. The van der Waals surface area contributed by atoms with Gasteiger partial charge in [0.05, 0.1) is 26.0 Å². The number of hydrogen-bond acceptors (Lipinski definition) is 5. The molecule has 7 heteroatoms. The summed E-state index contributed by atoms with van der Waals surface area (Å²) in [4.78, 5) is 25.2. The summed E-state index contributed by atoms with van der Waals surface area (Å²) >= 11 is 0. The number of carbonyl (C=O) groups is 2. The predicted molar refractivity (Wildman–Crippen MR) is 115 cm³/mol. The van der Waals surface area contributed by atoms with E-state index in [1.165, 1.54) is 6.26 Å². The molecule has 0 radical (unpaired) electrons. The number of methoxy groups -OCH3 is 1. The number of rotatable bonds is 10. The molecule has 0 fully saturated rings. The van der Waals surface area contributed by atoms with E-state index in [1.54, 1.807) is 19.2 Å². The predicted octanol–water partition coefficient (Wildman–Crippen LogP) is 3.95. The van der Waals surface area contributed by atoms with Crippen LogP contribution in [0.25, 0.3) is 0 Å². The van der Waals surface area contributed by atoms with Crippen LogP contribution in [0.15, 0.2) is 41.0 Å². The lowest BCUT2D eigenvalue weighted by molar-refractivity contribution is -0.124. The lowest BCUT2D eigenvalue weighted by atomic mass is 10.0. The van der Waals surface area contributed by atoms with Crippen LogP contribution in [-0.4, -0.2) is 31.6 Å². The first-order valence-corrected chi connectivity index (χ1v) is 10.2. The number of nitrogens with one attached hydrogen (secondary N) is 2. The lowest BCUT2D eigenvalue weighted by Crippen LogP contribution is -2.50. The van der Waals surface area contributed by atoms with Gasteiger partial charge in [0.15, 0.2) is 17.3 Å². The molecule has 2 atom stereocenters. The highest BCUT2D eigenvalue weighted by Gasteiger charge is 2.27. The standard InChI is InChI=1S/C23H32N2O5/c1-14(2)13-30-18-10-9-17(12-20(18)28-6)16(5)24-23(27)21(15(3)4)25-22(26)19-8-7-11-29-19/h7-12,14-16,21H,13H2,1-6H3,(H,24,27)(H,25,26). The van der Waals surface area contributed by atoms with Crippen molar-refractivity contribution in [2.75, 3.05) is 13.7 Å². The van der Waals surface area contributed by atoms with E-state index in [0.29, 0.717) is 24.0 Å². The molecule has 0 aliphatic heterocycles. The third kappa shape index (κ3) is 6.27. The number of furan rings is 1. The topological polar surface area (TPSA) is 89.8 Å². The summed E-state index contributed by atoms with van der Waals surface area (Å²) in [5, 5.41) is 5.71. The summed E-state index contributed by atoms with van der Waals surface area (Å²) in [7, 11) is 1.59. The van der Waals surface area contributed by atoms with E-state index in [1.807, 2.05) is 39.0 Å². The third-order valence-corrected chi connectivity index (χ3v) is 4.60. The van der Waals surface area contributed by atoms with Crippen LogP contribution in [0.3, 0.4) is 0 Å². The van der Waals surface area contributed by atoms with Crippen molar-refractivity contribution < 1.29 is 23.5 Å². The van der Waals surface area contributed by atoms with Crippen molar-refractivity contribution in [3.05, 3.63) is 47.9 Å². The molecule has 0 saturated carbocycles. The molecule has 1 heterocycles. The van der Waals surface area contributed by atoms with Gasteiger partial charge < -0.3 is 24.5 Å². The molecule has 2 unspecified atom stereocenters. The second-order valence-corrected chi connectivity index (χ2v) is 8.02. The minimum absolute atomic E-state index is 0.0996. The van der Waals surface area contributed by atoms with Crippen molar-refractivity contribution in [2.24, 2.45) is 11.8 Å². The summed E-state index contributed by atoms with van der Waals surface area (Å²) in [5.74, 6) is 1.06. The summed E-state index contributed by atoms with van der Waals surface area (Å²) in [6, 6.07) is 7.80. The lowest BCUT2D eigenvalue weighted by Gasteiger charge is -2.24. The molecule has 0 spiro atoms. The molecule has 0 saturated heterocycles. The molecule has 30 heavy (non-hydrogen) atoms. The van der Waals surface area contributed by atoms with Gasteiger partial charge in [-0.05, 0) is 48.6 Å². The van der Waals surface area contributed by atoms with Crippen LogP contribution < -0.4 is 20.1 Å². The van der Waals surface area contributed by atoms with Gasteiger partial charge in [0.25, 0.3) is 5.91 Å². The molecular weight excluding hydrogens is 384 g/mol. The van der Waals surface area contributed by atoms with Gasteiger partial charge in [-0.15, -0.1) is 0 Å². The highest BCUT2D eigenvalue weighted by molar-refractivity contribution is 5.95. The van der Waals surface area contributed by atoms with Crippen LogP contribution in [0.5, 0.6) is 11.5 Å². The van der Waals surface area contributed by atoms with Crippen LogP contribution in [0.2, 0.25) is 0 Å². The van der Waals surface area contributed by atoms with Gasteiger partial charge in [0.1, 0.15) is 6.04 Å². The van der Waals surface area contributed by atoms with Gasteiger partial charge in [-0.2, -0.15) is 0 Å². The molecule has 2 aromatic rings. The van der Waals surface area contributed by atoms with Gasteiger partial charge in [-0.1, -0.05) is 33.8 Å². The average molecular weight is 417 g/mol. The fraction of sp³-hybridized carbons (Fsp3) is 0.478. The summed E-state index contributed by atoms with van der Waals surface area (Å²) in [5.41, 5.74) is 0.872. The SMILES string of the molecule is COc1cc(C(C)NC(=O)C(NC(=O)c2ccco2)C(C)C)ccc1OCC(C)C. The van der Waals surface area contributed by atoms with Gasteiger partial charge in [-0.3, -0.25) is 9.59 Å². The molecule has 1 aromatic carbocycles. The van der Waals surface area contributed by atoms with Gasteiger partial charge in [0.2, 0.25) is 5.91 Å². The van der Waals surface area contributed by atoms with E-state index >= 15 is 0 Å². The molecule has 164 valence electrons. The minimum Gasteiger partial charge on any atom is -0.493 e. The molecular formula is C23H32N2O5. The molecule has 1 aromatic heterocycles. The molecule has 2 rings (SSSR count). The maximum Gasteiger partial charge on any atom is 0.287 e. The minimum atomic E-state index is -0.694. The van der Waals surface area contributed by atoms with Crippen LogP contribution in [-0.2, 0) is 4.79 Å². The van der Waals surface area contributed by atoms with Crippen LogP contribution in [0, 0.1) is 11.8 Å². The molecule has 0 aliphatic rings. The Bertz CT molecular complexity index is 830. The molecule has 7 nitrogen and oxygen atoms in total. The fourth-order valence-electron chi connectivity index (χ4n) is 2.87. The zero-order chi connectivity index (χ0) is 22.3. The van der Waals surface area contributed by atoms with E-state index in [9.17, 15) is 9.59 Å². The van der Waals surface area contributed by atoms with Gasteiger partial charge >= 0.3 is 0 Å². The van der Waals surface area contributed by atoms with Crippen molar-refractivity contribution in [1.82, 2.24) is 10.6 Å². The smallest absolute Gasteiger partial charge is 0.287 e. The average Bonchev–Trinajstić information content (AvgIpc) is 3.24. The number of amides is 2. The first kappa shape index (κ1) is 23.3. The molecule has 2 N–H and O–H groups in total. The van der Waals surface area contributed by atoms with Crippen LogP contribution in [0.4, 0.5) is 0 Å². The van der Waals surface area contributed by atoms with Gasteiger partial charge in [-0.25, -0.2) is 0 Å². The maximum atomic E-state index is 12.9. The Kier molecular flexibility index (Phi) is 8.33. The zero-order valence-electron chi connectivity index (χ0n) is 18.5. The van der Waals surface area contributed by atoms with Crippen molar-refractivity contribution in [1.29, 1.82) is 0 Å². The Morgan fingerprint density at radius 2 is 1.77 bits per heavy atom.